The average Bonchev–Trinajstić information content (AvgIpc) is 2.95. The van der Waals surface area contributed by atoms with Crippen molar-refractivity contribution in [2.24, 2.45) is 0 Å². The van der Waals surface area contributed by atoms with E-state index < -0.39 is 0 Å². The highest BCUT2D eigenvalue weighted by Gasteiger charge is 2.30. The Bertz CT molecular complexity index is 548. The van der Waals surface area contributed by atoms with Crippen LogP contribution in [0.25, 0.3) is 0 Å². The molecular formula is C16H13OS+. The molecule has 0 unspecified atom stereocenters. The maximum Gasteiger partial charge on any atom is 0.324 e. The first-order valence-electron chi connectivity index (χ1n) is 5.83. The van der Waals surface area contributed by atoms with Crippen molar-refractivity contribution in [3.8, 4) is 0 Å². The van der Waals surface area contributed by atoms with Crippen molar-refractivity contribution in [1.82, 2.24) is 0 Å². The van der Waals surface area contributed by atoms with Crippen LogP contribution in [0, 0.1) is 0 Å². The Morgan fingerprint density at radius 1 is 0.611 bits per heavy atom. The summed E-state index contributed by atoms with van der Waals surface area (Å²) in [5, 5.41) is 1.01. The summed E-state index contributed by atoms with van der Waals surface area (Å²) in [5.41, 5.74) is 0. The van der Waals surface area contributed by atoms with Gasteiger partial charge in [-0.15, -0.1) is 0 Å². The third-order valence-electron chi connectivity index (χ3n) is 2.65. The quantitative estimate of drug-likeness (QED) is 0.631. The van der Waals surface area contributed by atoms with Crippen molar-refractivity contribution >= 4 is 10.9 Å². The van der Waals surface area contributed by atoms with Crippen LogP contribution in [0.2, 0.25) is 0 Å². The minimum atomic E-state index is -0.150. The second-order valence-corrected chi connectivity index (χ2v) is 5.82. The smallest absolute Gasteiger partial charge is 0.324 e. The van der Waals surface area contributed by atoms with Gasteiger partial charge >= 0.3 is 5.09 Å². The molecule has 0 aliphatic rings. The van der Waals surface area contributed by atoms with E-state index >= 15 is 0 Å². The predicted molar refractivity (Wildman–Crippen MR) is 73.8 cm³/mol. The molecule has 18 heavy (non-hydrogen) atoms. The van der Waals surface area contributed by atoms with Crippen LogP contribution in [0.5, 0.6) is 0 Å². The van der Waals surface area contributed by atoms with Gasteiger partial charge in [0.2, 0.25) is 0 Å². The van der Waals surface area contributed by atoms with Crippen molar-refractivity contribution in [1.29, 1.82) is 0 Å². The molecule has 3 aromatic rings. The highest BCUT2D eigenvalue weighted by Crippen LogP contribution is 2.30. The molecule has 0 amide bonds. The zero-order chi connectivity index (χ0) is 12.2. The maximum atomic E-state index is 5.62. The summed E-state index contributed by atoms with van der Waals surface area (Å²) in [6.45, 7) is 0. The molecule has 88 valence electrons. The van der Waals surface area contributed by atoms with E-state index in [1.165, 1.54) is 9.79 Å². The highest BCUT2D eigenvalue weighted by molar-refractivity contribution is 7.96. The van der Waals surface area contributed by atoms with E-state index in [1.807, 2.05) is 24.3 Å². The predicted octanol–water partition coefficient (Wildman–Crippen LogP) is 4.38. The first-order chi connectivity index (χ1) is 8.95. The molecule has 0 N–H and O–H groups in total. The van der Waals surface area contributed by atoms with Crippen LogP contribution in [0.15, 0.2) is 98.4 Å². The average molecular weight is 253 g/mol. The zero-order valence-electron chi connectivity index (χ0n) is 9.82. The van der Waals surface area contributed by atoms with Crippen LogP contribution in [0.1, 0.15) is 0 Å². The van der Waals surface area contributed by atoms with Gasteiger partial charge < -0.3 is 4.42 Å². The number of furan rings is 1. The third kappa shape index (κ3) is 2.20. The SMILES string of the molecule is c1ccc([S+](c2ccccc2)c2ccco2)cc1. The second kappa shape index (κ2) is 5.15. The molecule has 3 rings (SSSR count). The number of benzene rings is 2. The van der Waals surface area contributed by atoms with Crippen LogP contribution in [-0.4, -0.2) is 0 Å². The highest BCUT2D eigenvalue weighted by atomic mass is 32.2. The third-order valence-corrected chi connectivity index (χ3v) is 4.78. The van der Waals surface area contributed by atoms with Crippen LogP contribution in [-0.2, 0) is 10.9 Å². The summed E-state index contributed by atoms with van der Waals surface area (Å²) in [6, 6.07) is 25.0. The lowest BCUT2D eigenvalue weighted by Crippen LogP contribution is -2.02. The van der Waals surface area contributed by atoms with Gasteiger partial charge in [0.05, 0.1) is 6.26 Å². The molecule has 1 heterocycles. The first kappa shape index (κ1) is 11.2. The summed E-state index contributed by atoms with van der Waals surface area (Å²) in [4.78, 5) is 2.55. The number of hydrogen-bond acceptors (Lipinski definition) is 1. The van der Waals surface area contributed by atoms with E-state index in [0.717, 1.165) is 5.09 Å². The molecule has 0 aliphatic carbocycles. The fourth-order valence-corrected chi connectivity index (χ4v) is 3.82. The van der Waals surface area contributed by atoms with Crippen molar-refractivity contribution in [2.75, 3.05) is 0 Å². The van der Waals surface area contributed by atoms with E-state index in [9.17, 15) is 0 Å². The molecule has 0 atom stereocenters. The minimum absolute atomic E-state index is 0.150. The van der Waals surface area contributed by atoms with Gasteiger partial charge in [-0.1, -0.05) is 36.4 Å². The maximum absolute atomic E-state index is 5.62. The first-order valence-corrected chi connectivity index (χ1v) is 7.05. The van der Waals surface area contributed by atoms with E-state index in [0.29, 0.717) is 0 Å². The normalized spacial score (nSPS) is 10.7. The molecule has 0 fully saturated rings. The molecule has 0 spiro atoms. The standard InChI is InChI=1S/C16H13OS/c1-3-8-14(9-4-1)18(16-12-7-13-17-16)15-10-5-2-6-11-15/h1-13H/q+1. The van der Waals surface area contributed by atoms with Gasteiger partial charge in [0.25, 0.3) is 0 Å². The van der Waals surface area contributed by atoms with E-state index in [4.69, 9.17) is 4.42 Å². The fourth-order valence-electron chi connectivity index (χ4n) is 1.86. The molecular weight excluding hydrogens is 240 g/mol. The van der Waals surface area contributed by atoms with E-state index in [2.05, 4.69) is 48.5 Å². The Labute approximate surface area is 109 Å². The summed E-state index contributed by atoms with van der Waals surface area (Å²) in [6.07, 6.45) is 1.74. The topological polar surface area (TPSA) is 13.1 Å². The van der Waals surface area contributed by atoms with Gasteiger partial charge in [-0.3, -0.25) is 0 Å². The van der Waals surface area contributed by atoms with Gasteiger partial charge in [0.1, 0.15) is 10.9 Å². The lowest BCUT2D eigenvalue weighted by atomic mass is 10.4. The zero-order valence-corrected chi connectivity index (χ0v) is 10.6. The van der Waals surface area contributed by atoms with Crippen LogP contribution < -0.4 is 0 Å². The Kier molecular flexibility index (Phi) is 3.20. The van der Waals surface area contributed by atoms with Crippen molar-refractivity contribution in [3.63, 3.8) is 0 Å². The fraction of sp³-hybridized carbons (Fsp3) is 0. The molecule has 1 nitrogen and oxygen atoms in total. The Morgan fingerprint density at radius 2 is 1.17 bits per heavy atom. The molecule has 1 aromatic heterocycles. The molecule has 0 aliphatic heterocycles. The lowest BCUT2D eigenvalue weighted by molar-refractivity contribution is 0.471. The number of rotatable bonds is 3. The van der Waals surface area contributed by atoms with Crippen molar-refractivity contribution in [3.05, 3.63) is 79.1 Å². The Balaban J connectivity index is 2.11. The minimum Gasteiger partial charge on any atom is -0.425 e. The summed E-state index contributed by atoms with van der Waals surface area (Å²) >= 11 is 0. The number of hydrogen-bond donors (Lipinski definition) is 0. The van der Waals surface area contributed by atoms with Gasteiger partial charge in [0, 0.05) is 6.07 Å². The largest absolute Gasteiger partial charge is 0.425 e. The molecule has 0 radical (unpaired) electrons. The molecule has 0 saturated carbocycles. The van der Waals surface area contributed by atoms with Gasteiger partial charge in [-0.2, -0.15) is 0 Å². The van der Waals surface area contributed by atoms with Gasteiger partial charge in [-0.05, 0) is 30.3 Å². The lowest BCUT2D eigenvalue weighted by Gasteiger charge is -2.03. The van der Waals surface area contributed by atoms with Crippen molar-refractivity contribution in [2.45, 2.75) is 14.9 Å². The van der Waals surface area contributed by atoms with E-state index in [1.54, 1.807) is 6.26 Å². The van der Waals surface area contributed by atoms with Crippen LogP contribution >= 0.6 is 0 Å². The Morgan fingerprint density at radius 3 is 1.61 bits per heavy atom. The molecule has 2 heteroatoms. The van der Waals surface area contributed by atoms with Gasteiger partial charge in [0.15, 0.2) is 9.79 Å². The molecule has 0 saturated heterocycles. The summed E-state index contributed by atoms with van der Waals surface area (Å²) in [5.74, 6) is 0. The monoisotopic (exact) mass is 253 g/mol. The van der Waals surface area contributed by atoms with Crippen molar-refractivity contribution < 1.29 is 4.42 Å². The van der Waals surface area contributed by atoms with Gasteiger partial charge in [-0.25, -0.2) is 0 Å². The van der Waals surface area contributed by atoms with Crippen LogP contribution in [0.4, 0.5) is 0 Å². The van der Waals surface area contributed by atoms with E-state index in [-0.39, 0.29) is 10.9 Å². The summed E-state index contributed by atoms with van der Waals surface area (Å²) in [7, 11) is -0.150. The molecule has 2 aromatic carbocycles. The molecule has 0 bridgehead atoms. The van der Waals surface area contributed by atoms with Crippen LogP contribution in [0.3, 0.4) is 0 Å². The Hall–Kier alpha value is -1.93. The summed E-state index contributed by atoms with van der Waals surface area (Å²) < 4.78 is 5.62. The second-order valence-electron chi connectivity index (χ2n) is 3.86.